The van der Waals surface area contributed by atoms with Crippen molar-refractivity contribution in [3.05, 3.63) is 11.4 Å². The van der Waals surface area contributed by atoms with Gasteiger partial charge in [0.05, 0.1) is 6.61 Å². The molecule has 0 radical (unpaired) electrons. The molecule has 5 heteroatoms. The predicted octanol–water partition coefficient (Wildman–Crippen LogP) is -0.218. The molecule has 5 nitrogen and oxygen atoms in total. The van der Waals surface area contributed by atoms with Crippen LogP contribution < -0.4 is 5.73 Å². The highest BCUT2D eigenvalue weighted by Crippen LogP contribution is 1.89. The van der Waals surface area contributed by atoms with Gasteiger partial charge in [-0.1, -0.05) is 0 Å². The molecule has 0 aromatic carbocycles. The minimum Gasteiger partial charge on any atom is -0.483 e. The van der Waals surface area contributed by atoms with Gasteiger partial charge in [0.2, 0.25) is 0 Å². The monoisotopic (exact) mass is 155 g/mol. The van der Waals surface area contributed by atoms with Crippen molar-refractivity contribution in [1.82, 2.24) is 0 Å². The zero-order valence-electron chi connectivity index (χ0n) is 6.15. The molecule has 0 aromatic rings. The van der Waals surface area contributed by atoms with Gasteiger partial charge in [0, 0.05) is 0 Å². The summed E-state index contributed by atoms with van der Waals surface area (Å²) in [6.45, 7) is 8.70. The lowest BCUT2D eigenvalue weighted by molar-refractivity contribution is -0.118. The first-order valence-electron chi connectivity index (χ1n) is 3.01. The fourth-order valence-corrected chi connectivity index (χ4v) is 0.346. The van der Waals surface area contributed by atoms with E-state index in [1.165, 1.54) is 0 Å². The van der Waals surface area contributed by atoms with Gasteiger partial charge in [-0.15, -0.1) is 0 Å². The lowest BCUT2D eigenvalue weighted by Crippen LogP contribution is -2.23. The van der Waals surface area contributed by atoms with Crippen molar-refractivity contribution >= 4 is 12.3 Å². The van der Waals surface area contributed by atoms with E-state index in [0.29, 0.717) is 6.61 Å². The summed E-state index contributed by atoms with van der Waals surface area (Å²) < 4.78 is 4.67. The normalized spacial score (nSPS) is 12.4. The minimum atomic E-state index is -1.15. The van der Waals surface area contributed by atoms with E-state index in [-0.39, 0.29) is 0 Å². The molecule has 1 unspecified atom stereocenters. The van der Waals surface area contributed by atoms with Crippen molar-refractivity contribution in [2.45, 2.75) is 13.1 Å². The fraction of sp³-hybridized carbons (Fsp3) is 0.500. The van der Waals surface area contributed by atoms with Crippen LogP contribution >= 0.6 is 0 Å². The first-order valence-corrected chi connectivity index (χ1v) is 3.01. The number of hydrogen-bond donors (Lipinski definition) is 1. The molecular weight excluding hydrogens is 146 g/mol. The Morgan fingerprint density at radius 3 is 3.00 bits per heavy atom. The molecule has 2 N–H and O–H groups in total. The van der Waals surface area contributed by atoms with Gasteiger partial charge in [0.15, 0.2) is 6.40 Å². The molecule has 1 atom stereocenters. The first kappa shape index (κ1) is 9.43. The molecule has 0 bridgehead atoms. The quantitative estimate of drug-likeness (QED) is 0.346. The van der Waals surface area contributed by atoms with Gasteiger partial charge in [-0.3, -0.25) is 9.64 Å². The van der Waals surface area contributed by atoms with Crippen LogP contribution in [-0.2, 0) is 9.53 Å². The summed E-state index contributed by atoms with van der Waals surface area (Å²) in [5.74, 6) is -0.768. The molecule has 0 fully saturated rings. The molecule has 60 valence electrons. The maximum atomic E-state index is 10.4. The van der Waals surface area contributed by atoms with Crippen LogP contribution in [0.2, 0.25) is 0 Å². The summed E-state index contributed by atoms with van der Waals surface area (Å²) in [6, 6.07) is 0. The van der Waals surface area contributed by atoms with E-state index in [1.54, 1.807) is 6.92 Å². The first-order chi connectivity index (χ1) is 5.22. The van der Waals surface area contributed by atoms with Gasteiger partial charge in [-0.05, 0) is 6.92 Å². The Bertz CT molecular complexity index is 194. The van der Waals surface area contributed by atoms with Crippen LogP contribution in [0.5, 0.6) is 0 Å². The van der Waals surface area contributed by atoms with Crippen molar-refractivity contribution in [2.75, 3.05) is 6.61 Å². The molecular formula is C6H9N3O2. The zero-order valence-corrected chi connectivity index (χ0v) is 6.15. The molecule has 0 aromatic heterocycles. The van der Waals surface area contributed by atoms with E-state index in [0.717, 1.165) is 6.40 Å². The molecule has 0 spiro atoms. The summed E-state index contributed by atoms with van der Waals surface area (Å²) in [4.78, 5) is 16.7. The Kier molecular flexibility index (Phi) is 4.49. The Labute approximate surface area is 64.7 Å². The molecule has 0 aliphatic carbocycles. The smallest absolute Gasteiger partial charge is 0.395 e. The number of carbonyl (C=O) groups excluding carboxylic acids is 1. The second-order valence-electron chi connectivity index (χ2n) is 1.61. The van der Waals surface area contributed by atoms with Crippen molar-refractivity contribution < 1.29 is 9.53 Å². The van der Waals surface area contributed by atoms with Gasteiger partial charge in [-0.25, -0.2) is 6.57 Å². The van der Waals surface area contributed by atoms with E-state index in [9.17, 15) is 4.79 Å². The van der Waals surface area contributed by atoms with Gasteiger partial charge in [0.1, 0.15) is 0 Å². The standard InChI is InChI=1S/C6H9N3O2/c1-3-11-4-9-6(8-2)5(7)10/h4,6H,3H2,1H3,(H2,7,10)/b9-4+. The van der Waals surface area contributed by atoms with E-state index in [4.69, 9.17) is 12.3 Å². The number of amides is 1. The number of carbonyl (C=O) groups is 1. The Hall–Kier alpha value is -1.57. The largest absolute Gasteiger partial charge is 0.483 e. The molecule has 0 saturated heterocycles. The van der Waals surface area contributed by atoms with Crippen LogP contribution in [0.15, 0.2) is 4.99 Å². The van der Waals surface area contributed by atoms with Crippen LogP contribution in [-0.4, -0.2) is 25.1 Å². The average Bonchev–Trinajstić information content (AvgIpc) is 1.97. The summed E-state index contributed by atoms with van der Waals surface area (Å²) in [6.07, 6.45) is -0.0884. The Morgan fingerprint density at radius 1 is 2.00 bits per heavy atom. The number of rotatable bonds is 4. The summed E-state index contributed by atoms with van der Waals surface area (Å²) in [7, 11) is 0. The molecule has 1 amide bonds. The maximum absolute atomic E-state index is 10.4. The van der Waals surface area contributed by atoms with Crippen LogP contribution in [0.4, 0.5) is 0 Å². The lowest BCUT2D eigenvalue weighted by Gasteiger charge is -1.93. The predicted molar refractivity (Wildman–Crippen MR) is 39.7 cm³/mol. The number of nitrogens with zero attached hydrogens (tertiary/aromatic N) is 2. The van der Waals surface area contributed by atoms with E-state index >= 15 is 0 Å². The fourth-order valence-electron chi connectivity index (χ4n) is 0.346. The Morgan fingerprint density at radius 2 is 2.64 bits per heavy atom. The van der Waals surface area contributed by atoms with Crippen molar-refractivity contribution in [2.24, 2.45) is 10.7 Å². The van der Waals surface area contributed by atoms with E-state index in [1.807, 2.05) is 0 Å². The average molecular weight is 155 g/mol. The molecule has 0 aliphatic rings. The van der Waals surface area contributed by atoms with Crippen molar-refractivity contribution in [1.29, 1.82) is 0 Å². The van der Waals surface area contributed by atoms with Crippen molar-refractivity contribution in [3.8, 4) is 0 Å². The highest BCUT2D eigenvalue weighted by Gasteiger charge is 2.16. The van der Waals surface area contributed by atoms with Crippen LogP contribution in [0.3, 0.4) is 0 Å². The lowest BCUT2D eigenvalue weighted by atomic mass is 10.5. The second kappa shape index (κ2) is 5.23. The van der Waals surface area contributed by atoms with E-state index < -0.39 is 12.1 Å². The van der Waals surface area contributed by atoms with Crippen LogP contribution in [0, 0.1) is 6.57 Å². The maximum Gasteiger partial charge on any atom is 0.395 e. The third kappa shape index (κ3) is 3.92. The zero-order chi connectivity index (χ0) is 8.69. The van der Waals surface area contributed by atoms with Gasteiger partial charge in [-0.2, -0.15) is 4.99 Å². The second-order valence-corrected chi connectivity index (χ2v) is 1.61. The summed E-state index contributed by atoms with van der Waals surface area (Å²) in [5, 5.41) is 0. The van der Waals surface area contributed by atoms with Gasteiger partial charge in [0.25, 0.3) is 0 Å². The molecule has 0 saturated carbocycles. The molecule has 0 aliphatic heterocycles. The van der Waals surface area contributed by atoms with Gasteiger partial charge < -0.3 is 10.5 Å². The number of ether oxygens (including phenoxy) is 1. The highest BCUT2D eigenvalue weighted by atomic mass is 16.5. The summed E-state index contributed by atoms with van der Waals surface area (Å²) in [5.41, 5.74) is 4.81. The Balaban J connectivity index is 3.90. The summed E-state index contributed by atoms with van der Waals surface area (Å²) >= 11 is 0. The number of nitrogens with two attached hydrogens (primary N) is 1. The van der Waals surface area contributed by atoms with Crippen LogP contribution in [0.25, 0.3) is 4.85 Å². The number of aliphatic imine (C=N–C) groups is 1. The highest BCUT2D eigenvalue weighted by molar-refractivity contribution is 5.82. The number of hydrogen-bond acceptors (Lipinski definition) is 3. The molecule has 0 heterocycles. The van der Waals surface area contributed by atoms with Crippen molar-refractivity contribution in [3.63, 3.8) is 0 Å². The van der Waals surface area contributed by atoms with E-state index in [2.05, 4.69) is 14.6 Å². The SMILES string of the molecule is [C-]#[N+]C(/N=C/OCC)C(N)=O. The van der Waals surface area contributed by atoms with Gasteiger partial charge >= 0.3 is 12.1 Å². The molecule has 11 heavy (non-hydrogen) atoms. The number of primary amides is 1. The topological polar surface area (TPSA) is 69.0 Å². The third-order valence-electron chi connectivity index (χ3n) is 0.820. The molecule has 0 rings (SSSR count). The minimum absolute atomic E-state index is 0.451. The third-order valence-corrected chi connectivity index (χ3v) is 0.820. The van der Waals surface area contributed by atoms with Crippen LogP contribution in [0.1, 0.15) is 6.92 Å².